The second-order valence-electron chi connectivity index (χ2n) is 4.12. The summed E-state index contributed by atoms with van der Waals surface area (Å²) >= 11 is 0. The van der Waals surface area contributed by atoms with Crippen molar-refractivity contribution >= 4 is 16.8 Å². The van der Waals surface area contributed by atoms with Gasteiger partial charge in [-0.3, -0.25) is 9.59 Å². The topological polar surface area (TPSA) is 60.3 Å². The Kier molecular flexibility index (Phi) is 3.55. The van der Waals surface area contributed by atoms with E-state index in [2.05, 4.69) is 5.32 Å². The fraction of sp³-hybridized carbons (Fsp3) is 0.286. The minimum absolute atomic E-state index is 0.144. The molecule has 100 valence electrons. The van der Waals surface area contributed by atoms with E-state index in [1.54, 1.807) is 25.4 Å². The van der Waals surface area contributed by atoms with Crippen LogP contribution in [0.4, 0.5) is 0 Å². The van der Waals surface area contributed by atoms with Gasteiger partial charge in [0.1, 0.15) is 11.3 Å². The summed E-state index contributed by atoms with van der Waals surface area (Å²) in [7, 11) is 3.05. The van der Waals surface area contributed by atoms with E-state index >= 15 is 0 Å². The molecular formula is C14H16N2O3. The fourth-order valence-corrected chi connectivity index (χ4v) is 2.06. The van der Waals surface area contributed by atoms with Crippen molar-refractivity contribution in [3.63, 3.8) is 0 Å². The number of carbonyl (C=O) groups is 1. The number of nitrogens with zero attached hydrogens (tertiary/aromatic N) is 1. The van der Waals surface area contributed by atoms with Crippen LogP contribution >= 0.6 is 0 Å². The predicted octanol–water partition coefficient (Wildman–Crippen LogP) is 1.39. The number of rotatable bonds is 3. The molecule has 1 aromatic heterocycles. The van der Waals surface area contributed by atoms with Gasteiger partial charge in [0.2, 0.25) is 5.43 Å². The summed E-state index contributed by atoms with van der Waals surface area (Å²) < 4.78 is 7.00. The van der Waals surface area contributed by atoms with Gasteiger partial charge in [-0.1, -0.05) is 0 Å². The van der Waals surface area contributed by atoms with Crippen LogP contribution in [0.5, 0.6) is 5.75 Å². The SMILES string of the molecule is CCn1cc(C(=O)NC)c(=O)c2cc(OC)ccc21. The summed E-state index contributed by atoms with van der Waals surface area (Å²) in [4.78, 5) is 24.1. The molecule has 1 amide bonds. The van der Waals surface area contributed by atoms with Crippen LogP contribution < -0.4 is 15.5 Å². The fourth-order valence-electron chi connectivity index (χ4n) is 2.06. The first-order valence-electron chi connectivity index (χ1n) is 6.05. The highest BCUT2D eigenvalue weighted by atomic mass is 16.5. The molecule has 2 rings (SSSR count). The number of aryl methyl sites for hydroxylation is 1. The van der Waals surface area contributed by atoms with Gasteiger partial charge in [0, 0.05) is 19.8 Å². The van der Waals surface area contributed by atoms with Crippen molar-refractivity contribution in [1.82, 2.24) is 9.88 Å². The second-order valence-corrected chi connectivity index (χ2v) is 4.12. The lowest BCUT2D eigenvalue weighted by Gasteiger charge is -2.11. The molecule has 1 heterocycles. The van der Waals surface area contributed by atoms with Crippen LogP contribution in [0.3, 0.4) is 0 Å². The van der Waals surface area contributed by atoms with Gasteiger partial charge in [-0.25, -0.2) is 0 Å². The maximum Gasteiger partial charge on any atom is 0.256 e. The molecule has 0 saturated carbocycles. The minimum Gasteiger partial charge on any atom is -0.497 e. The number of methoxy groups -OCH3 is 1. The molecule has 2 aromatic rings. The summed E-state index contributed by atoms with van der Waals surface area (Å²) in [5.74, 6) is 0.221. The van der Waals surface area contributed by atoms with Crippen LogP contribution in [-0.4, -0.2) is 24.6 Å². The van der Waals surface area contributed by atoms with Crippen molar-refractivity contribution in [3.8, 4) is 5.75 Å². The van der Waals surface area contributed by atoms with Crippen LogP contribution in [0.2, 0.25) is 0 Å². The summed E-state index contributed by atoms with van der Waals surface area (Å²) in [6.07, 6.45) is 1.59. The third-order valence-electron chi connectivity index (χ3n) is 3.10. The van der Waals surface area contributed by atoms with E-state index in [4.69, 9.17) is 4.74 Å². The van der Waals surface area contributed by atoms with E-state index < -0.39 is 0 Å². The molecule has 0 unspecified atom stereocenters. The van der Waals surface area contributed by atoms with Crippen molar-refractivity contribution in [2.24, 2.45) is 0 Å². The lowest BCUT2D eigenvalue weighted by Crippen LogP contribution is -2.27. The summed E-state index contributed by atoms with van der Waals surface area (Å²) in [6.45, 7) is 2.63. The normalized spacial score (nSPS) is 10.5. The van der Waals surface area contributed by atoms with E-state index in [9.17, 15) is 9.59 Å². The van der Waals surface area contributed by atoms with Crippen molar-refractivity contribution < 1.29 is 9.53 Å². The first kappa shape index (κ1) is 13.1. The number of amides is 1. The number of carbonyl (C=O) groups excluding carboxylic acids is 1. The van der Waals surface area contributed by atoms with Crippen LogP contribution in [0, 0.1) is 0 Å². The van der Waals surface area contributed by atoms with Gasteiger partial charge in [0.25, 0.3) is 5.91 Å². The minimum atomic E-state index is -0.378. The maximum absolute atomic E-state index is 12.3. The molecule has 0 atom stereocenters. The predicted molar refractivity (Wildman–Crippen MR) is 73.8 cm³/mol. The average molecular weight is 260 g/mol. The summed E-state index contributed by atoms with van der Waals surface area (Å²) in [5.41, 5.74) is 0.656. The molecule has 0 fully saturated rings. The van der Waals surface area contributed by atoms with Crippen LogP contribution in [-0.2, 0) is 6.54 Å². The van der Waals surface area contributed by atoms with Gasteiger partial charge in [-0.2, -0.15) is 0 Å². The van der Waals surface area contributed by atoms with Crippen LogP contribution in [0.25, 0.3) is 10.9 Å². The molecule has 0 aliphatic heterocycles. The highest BCUT2D eigenvalue weighted by Crippen LogP contribution is 2.19. The number of aromatic nitrogens is 1. The van der Waals surface area contributed by atoms with E-state index in [1.165, 1.54) is 7.05 Å². The standard InChI is InChI=1S/C14H16N2O3/c1-4-16-8-11(14(18)15-2)13(17)10-7-9(19-3)5-6-12(10)16/h5-8H,4H2,1-3H3,(H,15,18). The molecule has 1 aromatic carbocycles. The van der Waals surface area contributed by atoms with Gasteiger partial charge in [-0.05, 0) is 25.1 Å². The Morgan fingerprint density at radius 1 is 1.42 bits per heavy atom. The average Bonchev–Trinajstić information content (AvgIpc) is 2.46. The van der Waals surface area contributed by atoms with Gasteiger partial charge >= 0.3 is 0 Å². The Morgan fingerprint density at radius 2 is 2.16 bits per heavy atom. The zero-order valence-electron chi connectivity index (χ0n) is 11.2. The largest absolute Gasteiger partial charge is 0.497 e. The number of benzene rings is 1. The molecular weight excluding hydrogens is 244 g/mol. The molecule has 0 aliphatic carbocycles. The molecule has 0 aliphatic rings. The third kappa shape index (κ3) is 2.19. The lowest BCUT2D eigenvalue weighted by molar-refractivity contribution is 0.0961. The van der Waals surface area contributed by atoms with Gasteiger partial charge in [0.15, 0.2) is 0 Å². The Balaban J connectivity index is 2.84. The van der Waals surface area contributed by atoms with Crippen molar-refractivity contribution in [1.29, 1.82) is 0 Å². The molecule has 0 saturated heterocycles. The van der Waals surface area contributed by atoms with Crippen LogP contribution in [0.1, 0.15) is 17.3 Å². The number of hydrogen-bond donors (Lipinski definition) is 1. The summed E-state index contributed by atoms with van der Waals surface area (Å²) in [5, 5.41) is 2.97. The maximum atomic E-state index is 12.3. The first-order chi connectivity index (χ1) is 9.12. The smallest absolute Gasteiger partial charge is 0.256 e. The molecule has 1 N–H and O–H groups in total. The molecule has 0 bridgehead atoms. The monoisotopic (exact) mass is 260 g/mol. The van der Waals surface area contributed by atoms with E-state index in [1.807, 2.05) is 17.6 Å². The number of ether oxygens (including phenoxy) is 1. The molecule has 0 spiro atoms. The lowest BCUT2D eigenvalue weighted by atomic mass is 10.1. The molecule has 19 heavy (non-hydrogen) atoms. The van der Waals surface area contributed by atoms with Crippen LogP contribution in [0.15, 0.2) is 29.2 Å². The molecule has 5 nitrogen and oxygen atoms in total. The Labute approximate surface area is 110 Å². The Bertz CT molecular complexity index is 689. The van der Waals surface area contributed by atoms with Crippen molar-refractivity contribution in [2.45, 2.75) is 13.5 Å². The van der Waals surface area contributed by atoms with E-state index in [0.29, 0.717) is 17.7 Å². The summed E-state index contributed by atoms with van der Waals surface area (Å²) in [6, 6.07) is 5.29. The van der Waals surface area contributed by atoms with E-state index in [0.717, 1.165) is 5.52 Å². The van der Waals surface area contributed by atoms with Gasteiger partial charge < -0.3 is 14.6 Å². The number of hydrogen-bond acceptors (Lipinski definition) is 3. The number of fused-ring (bicyclic) bond motifs is 1. The zero-order chi connectivity index (χ0) is 14.0. The van der Waals surface area contributed by atoms with Crippen molar-refractivity contribution in [2.75, 3.05) is 14.2 Å². The van der Waals surface area contributed by atoms with E-state index in [-0.39, 0.29) is 16.9 Å². The zero-order valence-corrected chi connectivity index (χ0v) is 11.2. The second kappa shape index (κ2) is 5.14. The first-order valence-corrected chi connectivity index (χ1v) is 6.05. The quantitative estimate of drug-likeness (QED) is 0.907. The number of pyridine rings is 1. The number of nitrogens with one attached hydrogen (secondary N) is 1. The molecule has 0 radical (unpaired) electrons. The van der Waals surface area contributed by atoms with Crippen molar-refractivity contribution in [3.05, 3.63) is 40.2 Å². The highest BCUT2D eigenvalue weighted by Gasteiger charge is 2.14. The van der Waals surface area contributed by atoms with Gasteiger partial charge in [-0.15, -0.1) is 0 Å². The third-order valence-corrected chi connectivity index (χ3v) is 3.10. The van der Waals surface area contributed by atoms with Gasteiger partial charge in [0.05, 0.1) is 18.0 Å². The Morgan fingerprint density at radius 3 is 2.74 bits per heavy atom. The Hall–Kier alpha value is -2.30. The highest BCUT2D eigenvalue weighted by molar-refractivity contribution is 5.97. The molecule has 5 heteroatoms.